The normalized spacial score (nSPS) is 13.2. The average Bonchev–Trinajstić information content (AvgIpc) is 3.65. The molecule has 0 saturated heterocycles. The van der Waals surface area contributed by atoms with Crippen molar-refractivity contribution in [3.8, 4) is 11.5 Å². The molecule has 0 radical (unpaired) electrons. The van der Waals surface area contributed by atoms with E-state index < -0.39 is 27.5 Å². The maximum absolute atomic E-state index is 14.7. The SMILES string of the molecule is CNS(=O)(=O)Nc1cc(Cl)cc(Oc2c(C(=O)NC3CC3)c(Nc3ccc(I)cc3F)n(C)c(=O)c2C)c1. The lowest BCUT2D eigenvalue weighted by Gasteiger charge is -2.21. The van der Waals surface area contributed by atoms with Crippen LogP contribution in [0.5, 0.6) is 11.5 Å². The Morgan fingerprint density at radius 2 is 1.92 bits per heavy atom. The molecule has 0 bridgehead atoms. The Balaban J connectivity index is 1.86. The van der Waals surface area contributed by atoms with Gasteiger partial charge in [-0.25, -0.2) is 9.11 Å². The molecule has 202 valence electrons. The minimum atomic E-state index is -3.85. The van der Waals surface area contributed by atoms with Gasteiger partial charge in [-0.1, -0.05) is 11.6 Å². The van der Waals surface area contributed by atoms with Crippen LogP contribution < -0.4 is 30.4 Å². The van der Waals surface area contributed by atoms with Gasteiger partial charge in [0.15, 0.2) is 5.75 Å². The molecule has 0 unspecified atom stereocenters. The summed E-state index contributed by atoms with van der Waals surface area (Å²) in [6, 6.07) is 8.60. The smallest absolute Gasteiger partial charge is 0.298 e. The van der Waals surface area contributed by atoms with Crippen LogP contribution in [-0.2, 0) is 17.3 Å². The molecule has 1 amide bonds. The first-order chi connectivity index (χ1) is 17.9. The predicted octanol–water partition coefficient (Wildman–Crippen LogP) is 4.40. The van der Waals surface area contributed by atoms with Crippen LogP contribution in [0.15, 0.2) is 41.2 Å². The van der Waals surface area contributed by atoms with Gasteiger partial charge in [-0.15, -0.1) is 0 Å². The molecule has 14 heteroatoms. The second-order valence-electron chi connectivity index (χ2n) is 8.63. The van der Waals surface area contributed by atoms with Gasteiger partial charge in [0.2, 0.25) is 0 Å². The van der Waals surface area contributed by atoms with Crippen LogP contribution in [0.1, 0.15) is 28.8 Å². The highest BCUT2D eigenvalue weighted by Crippen LogP contribution is 2.36. The number of rotatable bonds is 9. The number of pyridine rings is 1. The van der Waals surface area contributed by atoms with Crippen LogP contribution in [0.4, 0.5) is 21.6 Å². The second-order valence-corrected chi connectivity index (χ2v) is 11.9. The highest BCUT2D eigenvalue weighted by Gasteiger charge is 2.30. The third-order valence-electron chi connectivity index (χ3n) is 5.70. The Bertz CT molecular complexity index is 1590. The average molecular weight is 676 g/mol. The van der Waals surface area contributed by atoms with Crippen LogP contribution in [0.2, 0.25) is 5.02 Å². The lowest BCUT2D eigenvalue weighted by Crippen LogP contribution is -2.31. The first-order valence-electron chi connectivity index (χ1n) is 11.3. The standard InChI is InChI=1S/C24H24ClFIN5O5S/c1-12-21(37-17-9-13(25)8-16(11-17)31-38(35,36)28-2)20(23(33)29-15-5-6-15)22(32(3)24(12)34)30-19-7-4-14(27)10-18(19)26/h4,7-11,15,28,30-31H,5-6H2,1-3H3,(H,29,33). The van der Waals surface area contributed by atoms with E-state index in [2.05, 4.69) is 20.1 Å². The number of ether oxygens (including phenoxy) is 1. The van der Waals surface area contributed by atoms with Gasteiger partial charge in [0.05, 0.1) is 16.9 Å². The van der Waals surface area contributed by atoms with Crippen molar-refractivity contribution in [2.45, 2.75) is 25.8 Å². The van der Waals surface area contributed by atoms with Crippen molar-refractivity contribution in [2.75, 3.05) is 17.1 Å². The molecule has 1 heterocycles. The molecular weight excluding hydrogens is 652 g/mol. The summed E-state index contributed by atoms with van der Waals surface area (Å²) in [4.78, 5) is 26.7. The van der Waals surface area contributed by atoms with Crippen molar-refractivity contribution in [2.24, 2.45) is 7.05 Å². The van der Waals surface area contributed by atoms with E-state index in [1.807, 2.05) is 22.6 Å². The molecule has 0 aliphatic heterocycles. The van der Waals surface area contributed by atoms with Crippen LogP contribution in [0, 0.1) is 16.3 Å². The number of nitrogens with one attached hydrogen (secondary N) is 4. The number of carbonyl (C=O) groups is 1. The molecule has 0 spiro atoms. The van der Waals surface area contributed by atoms with Crippen LogP contribution in [0.3, 0.4) is 0 Å². The Morgan fingerprint density at radius 1 is 1.21 bits per heavy atom. The fraction of sp³-hybridized carbons (Fsp3) is 0.250. The predicted molar refractivity (Wildman–Crippen MR) is 152 cm³/mol. The number of benzene rings is 2. The van der Waals surface area contributed by atoms with E-state index in [-0.39, 0.29) is 50.9 Å². The Kier molecular flexibility index (Phi) is 8.20. The minimum absolute atomic E-state index is 0.0204. The highest BCUT2D eigenvalue weighted by atomic mass is 127. The van der Waals surface area contributed by atoms with Gasteiger partial charge in [0.1, 0.15) is 22.9 Å². The zero-order valence-corrected chi connectivity index (χ0v) is 24.2. The molecule has 4 N–H and O–H groups in total. The topological polar surface area (TPSA) is 131 Å². The van der Waals surface area contributed by atoms with Crippen molar-refractivity contribution in [1.29, 1.82) is 0 Å². The third-order valence-corrected chi connectivity index (χ3v) is 7.63. The highest BCUT2D eigenvalue weighted by molar-refractivity contribution is 14.1. The van der Waals surface area contributed by atoms with Gasteiger partial charge in [-0.2, -0.15) is 8.42 Å². The zero-order valence-electron chi connectivity index (χ0n) is 20.5. The van der Waals surface area contributed by atoms with Gasteiger partial charge < -0.3 is 15.4 Å². The Morgan fingerprint density at radius 3 is 2.55 bits per heavy atom. The van der Waals surface area contributed by atoms with Crippen LogP contribution in [-0.4, -0.2) is 32.0 Å². The molecule has 1 fully saturated rings. The molecule has 1 aliphatic rings. The van der Waals surface area contributed by atoms with E-state index in [0.717, 1.165) is 12.8 Å². The van der Waals surface area contributed by atoms with Crippen molar-refractivity contribution >= 4 is 67.5 Å². The van der Waals surface area contributed by atoms with Crippen molar-refractivity contribution in [3.05, 3.63) is 72.3 Å². The molecule has 38 heavy (non-hydrogen) atoms. The Labute approximate surface area is 237 Å². The molecule has 0 atom stereocenters. The number of hydrogen-bond acceptors (Lipinski definition) is 6. The maximum Gasteiger partial charge on any atom is 0.298 e. The van der Waals surface area contributed by atoms with E-state index in [9.17, 15) is 22.4 Å². The lowest BCUT2D eigenvalue weighted by molar-refractivity contribution is 0.0948. The quantitative estimate of drug-likeness (QED) is 0.249. The second kappa shape index (κ2) is 11.1. The monoisotopic (exact) mass is 675 g/mol. The van der Waals surface area contributed by atoms with Crippen molar-refractivity contribution in [3.63, 3.8) is 0 Å². The number of carbonyl (C=O) groups excluding carboxylic acids is 1. The number of anilines is 3. The van der Waals surface area contributed by atoms with E-state index in [1.54, 1.807) is 6.07 Å². The van der Waals surface area contributed by atoms with Crippen molar-refractivity contribution in [1.82, 2.24) is 14.6 Å². The summed E-state index contributed by atoms with van der Waals surface area (Å²) in [6.07, 6.45) is 1.62. The van der Waals surface area contributed by atoms with Crippen LogP contribution in [0.25, 0.3) is 0 Å². The third kappa shape index (κ3) is 6.39. The molecule has 2 aromatic carbocycles. The van der Waals surface area contributed by atoms with E-state index >= 15 is 0 Å². The fourth-order valence-electron chi connectivity index (χ4n) is 3.61. The summed E-state index contributed by atoms with van der Waals surface area (Å²) >= 11 is 8.17. The number of amides is 1. The van der Waals surface area contributed by atoms with E-state index in [1.165, 1.54) is 55.9 Å². The Hall–Kier alpha value is -2.88. The largest absolute Gasteiger partial charge is 0.456 e. The number of aromatic nitrogens is 1. The molecule has 1 aromatic heterocycles. The van der Waals surface area contributed by atoms with Gasteiger partial charge in [0.25, 0.3) is 21.7 Å². The first kappa shape index (κ1) is 28.1. The summed E-state index contributed by atoms with van der Waals surface area (Å²) in [7, 11) is -1.15. The number of halogens is 3. The lowest BCUT2D eigenvalue weighted by atomic mass is 10.1. The summed E-state index contributed by atoms with van der Waals surface area (Å²) in [6.45, 7) is 1.50. The molecule has 10 nitrogen and oxygen atoms in total. The summed E-state index contributed by atoms with van der Waals surface area (Å²) in [5.74, 6) is -1.09. The molecular formula is C24H24ClFIN5O5S. The van der Waals surface area contributed by atoms with Gasteiger partial charge in [-0.05, 0) is 72.7 Å². The molecule has 3 aromatic rings. The van der Waals surface area contributed by atoms with E-state index in [4.69, 9.17) is 16.3 Å². The number of nitrogens with zero attached hydrogens (tertiary/aromatic N) is 1. The minimum Gasteiger partial charge on any atom is -0.456 e. The van der Waals surface area contributed by atoms with E-state index in [0.29, 0.717) is 3.57 Å². The number of hydrogen-bond donors (Lipinski definition) is 4. The van der Waals surface area contributed by atoms with Gasteiger partial charge in [0, 0.05) is 34.8 Å². The van der Waals surface area contributed by atoms with Gasteiger partial charge >= 0.3 is 0 Å². The molecule has 4 rings (SSSR count). The zero-order chi connectivity index (χ0) is 27.8. The fourth-order valence-corrected chi connectivity index (χ4v) is 4.81. The van der Waals surface area contributed by atoms with Crippen LogP contribution >= 0.6 is 34.2 Å². The van der Waals surface area contributed by atoms with Gasteiger partial charge in [-0.3, -0.25) is 18.9 Å². The first-order valence-corrected chi connectivity index (χ1v) is 14.3. The summed E-state index contributed by atoms with van der Waals surface area (Å²) < 4.78 is 51.0. The molecule has 1 saturated carbocycles. The van der Waals surface area contributed by atoms with Crippen molar-refractivity contribution < 1.29 is 22.3 Å². The maximum atomic E-state index is 14.7. The summed E-state index contributed by atoms with van der Waals surface area (Å²) in [5, 5.41) is 5.91. The summed E-state index contributed by atoms with van der Waals surface area (Å²) in [5.41, 5.74) is -0.255. The molecule has 1 aliphatic carbocycles.